The van der Waals surface area contributed by atoms with Gasteiger partial charge < -0.3 is 4.90 Å². The number of hydrogen-bond acceptors (Lipinski definition) is 4. The van der Waals surface area contributed by atoms with E-state index in [1.807, 2.05) is 29.3 Å². The highest BCUT2D eigenvalue weighted by Crippen LogP contribution is 2.25. The van der Waals surface area contributed by atoms with Gasteiger partial charge in [-0.2, -0.15) is 5.10 Å². The molecule has 3 heterocycles. The van der Waals surface area contributed by atoms with E-state index in [2.05, 4.69) is 15.2 Å². The molecule has 0 bridgehead atoms. The number of carbonyl (C=O) groups excluding carboxylic acids is 1. The lowest BCUT2D eigenvalue weighted by molar-refractivity contribution is -0.131. The van der Waals surface area contributed by atoms with Gasteiger partial charge in [-0.15, -0.1) is 11.3 Å². The second-order valence-corrected chi connectivity index (χ2v) is 6.22. The van der Waals surface area contributed by atoms with Crippen molar-refractivity contribution < 1.29 is 4.79 Å². The smallest absolute Gasteiger partial charge is 0.227 e. The van der Waals surface area contributed by atoms with Gasteiger partial charge in [0.2, 0.25) is 5.91 Å². The van der Waals surface area contributed by atoms with Gasteiger partial charge in [0.05, 0.1) is 6.42 Å². The standard InChI is InChI=1S/C14H18N4OS/c1-10-15-14(17-16-10)11-4-6-18(7-5-11)13(19)9-12-3-2-8-20-12/h2-3,8,11H,4-7,9H2,1H3,(H,15,16,17). The topological polar surface area (TPSA) is 61.9 Å². The van der Waals surface area contributed by atoms with Crippen molar-refractivity contribution in [3.8, 4) is 0 Å². The number of hydrogen-bond donors (Lipinski definition) is 1. The monoisotopic (exact) mass is 290 g/mol. The zero-order valence-corrected chi connectivity index (χ0v) is 12.3. The van der Waals surface area contributed by atoms with Gasteiger partial charge in [-0.3, -0.25) is 9.89 Å². The Morgan fingerprint density at radius 2 is 2.30 bits per heavy atom. The SMILES string of the molecule is Cc1nc(C2CCN(C(=O)Cc3cccs3)CC2)n[nH]1. The van der Waals surface area contributed by atoms with Crippen LogP contribution in [0, 0.1) is 6.92 Å². The number of aromatic nitrogens is 3. The fourth-order valence-corrected chi connectivity index (χ4v) is 3.30. The van der Waals surface area contributed by atoms with E-state index >= 15 is 0 Å². The van der Waals surface area contributed by atoms with E-state index < -0.39 is 0 Å². The van der Waals surface area contributed by atoms with Crippen molar-refractivity contribution in [1.29, 1.82) is 0 Å². The molecule has 1 fully saturated rings. The van der Waals surface area contributed by atoms with Crippen LogP contribution in [0.5, 0.6) is 0 Å². The van der Waals surface area contributed by atoms with E-state index in [4.69, 9.17) is 0 Å². The minimum Gasteiger partial charge on any atom is -0.342 e. The molecule has 1 aliphatic rings. The molecule has 6 heteroatoms. The number of rotatable bonds is 3. The van der Waals surface area contributed by atoms with Crippen LogP contribution in [0.3, 0.4) is 0 Å². The molecule has 1 N–H and O–H groups in total. The number of H-pyrrole nitrogens is 1. The summed E-state index contributed by atoms with van der Waals surface area (Å²) in [6.07, 6.45) is 2.43. The summed E-state index contributed by atoms with van der Waals surface area (Å²) in [5.74, 6) is 2.37. The maximum absolute atomic E-state index is 12.2. The average molecular weight is 290 g/mol. The number of aromatic amines is 1. The van der Waals surface area contributed by atoms with Crippen molar-refractivity contribution in [2.45, 2.75) is 32.1 Å². The molecule has 0 aromatic carbocycles. The average Bonchev–Trinajstić information content (AvgIpc) is 3.10. The number of nitrogens with one attached hydrogen (secondary N) is 1. The number of aryl methyl sites for hydroxylation is 1. The van der Waals surface area contributed by atoms with E-state index in [0.29, 0.717) is 12.3 Å². The predicted molar refractivity (Wildman–Crippen MR) is 77.7 cm³/mol. The first kappa shape index (κ1) is 13.3. The van der Waals surface area contributed by atoms with Crippen molar-refractivity contribution in [2.24, 2.45) is 0 Å². The Morgan fingerprint density at radius 3 is 2.90 bits per heavy atom. The normalized spacial score (nSPS) is 16.6. The van der Waals surface area contributed by atoms with Gasteiger partial charge >= 0.3 is 0 Å². The molecule has 1 amide bonds. The summed E-state index contributed by atoms with van der Waals surface area (Å²) >= 11 is 1.64. The Kier molecular flexibility index (Phi) is 3.82. The molecular weight excluding hydrogens is 272 g/mol. The maximum atomic E-state index is 12.2. The molecular formula is C14H18N4OS. The second-order valence-electron chi connectivity index (χ2n) is 5.19. The highest BCUT2D eigenvalue weighted by molar-refractivity contribution is 7.10. The molecule has 1 saturated heterocycles. The van der Waals surface area contributed by atoms with Crippen molar-refractivity contribution in [3.63, 3.8) is 0 Å². The van der Waals surface area contributed by atoms with Crippen LogP contribution in [-0.4, -0.2) is 39.1 Å². The van der Waals surface area contributed by atoms with Crippen LogP contribution < -0.4 is 0 Å². The molecule has 3 rings (SSSR count). The van der Waals surface area contributed by atoms with Crippen molar-refractivity contribution >= 4 is 17.2 Å². The maximum Gasteiger partial charge on any atom is 0.227 e. The number of nitrogens with zero attached hydrogens (tertiary/aromatic N) is 3. The van der Waals surface area contributed by atoms with Crippen molar-refractivity contribution in [3.05, 3.63) is 34.0 Å². The quantitative estimate of drug-likeness (QED) is 0.942. The molecule has 0 unspecified atom stereocenters. The zero-order chi connectivity index (χ0) is 13.9. The minimum absolute atomic E-state index is 0.233. The lowest BCUT2D eigenvalue weighted by atomic mass is 9.96. The van der Waals surface area contributed by atoms with Gasteiger partial charge in [0.1, 0.15) is 5.82 Å². The molecule has 2 aromatic rings. The number of likely N-dealkylation sites (tertiary alicyclic amines) is 1. The highest BCUT2D eigenvalue weighted by Gasteiger charge is 2.26. The van der Waals surface area contributed by atoms with E-state index in [1.165, 1.54) is 0 Å². The summed E-state index contributed by atoms with van der Waals surface area (Å²) in [4.78, 5) is 19.7. The van der Waals surface area contributed by atoms with Crippen LogP contribution in [0.2, 0.25) is 0 Å². The Hall–Kier alpha value is -1.69. The van der Waals surface area contributed by atoms with E-state index in [1.54, 1.807) is 11.3 Å². The largest absolute Gasteiger partial charge is 0.342 e. The van der Waals surface area contributed by atoms with Crippen molar-refractivity contribution in [2.75, 3.05) is 13.1 Å². The summed E-state index contributed by atoms with van der Waals surface area (Å²) in [6, 6.07) is 4.01. The van der Waals surface area contributed by atoms with Gasteiger partial charge in [0.15, 0.2) is 5.82 Å². The van der Waals surface area contributed by atoms with Gasteiger partial charge in [-0.1, -0.05) is 6.07 Å². The van der Waals surface area contributed by atoms with Crippen molar-refractivity contribution in [1.82, 2.24) is 20.1 Å². The molecule has 0 atom stereocenters. The van der Waals surface area contributed by atoms with Gasteiger partial charge in [0.25, 0.3) is 0 Å². The molecule has 1 aliphatic heterocycles. The van der Waals surface area contributed by atoms with Crippen LogP contribution in [0.4, 0.5) is 0 Å². The van der Waals surface area contributed by atoms with Gasteiger partial charge in [-0.25, -0.2) is 4.98 Å². The van der Waals surface area contributed by atoms with E-state index in [0.717, 1.165) is 42.5 Å². The molecule has 0 spiro atoms. The number of carbonyl (C=O) groups is 1. The van der Waals surface area contributed by atoms with Crippen LogP contribution >= 0.6 is 11.3 Å². The third-order valence-electron chi connectivity index (χ3n) is 3.73. The second kappa shape index (κ2) is 5.75. The summed E-state index contributed by atoms with van der Waals surface area (Å²) in [5.41, 5.74) is 0. The molecule has 0 radical (unpaired) electrons. The first-order chi connectivity index (χ1) is 9.72. The minimum atomic E-state index is 0.233. The summed E-state index contributed by atoms with van der Waals surface area (Å²) in [5, 5.41) is 9.14. The molecule has 20 heavy (non-hydrogen) atoms. The van der Waals surface area contributed by atoms with E-state index in [9.17, 15) is 4.79 Å². The zero-order valence-electron chi connectivity index (χ0n) is 11.5. The molecule has 2 aromatic heterocycles. The first-order valence-electron chi connectivity index (χ1n) is 6.91. The van der Waals surface area contributed by atoms with Crippen LogP contribution in [0.1, 0.15) is 35.3 Å². The summed E-state index contributed by atoms with van der Waals surface area (Å²) in [6.45, 7) is 3.53. The fourth-order valence-electron chi connectivity index (χ4n) is 2.60. The van der Waals surface area contributed by atoms with Crippen LogP contribution in [-0.2, 0) is 11.2 Å². The Balaban J connectivity index is 1.54. The van der Waals surface area contributed by atoms with Crippen LogP contribution in [0.15, 0.2) is 17.5 Å². The Morgan fingerprint density at radius 1 is 1.50 bits per heavy atom. The summed E-state index contributed by atoms with van der Waals surface area (Å²) in [7, 11) is 0. The molecule has 106 valence electrons. The third kappa shape index (κ3) is 2.90. The number of amides is 1. The molecule has 5 nitrogen and oxygen atoms in total. The number of thiophene rings is 1. The van der Waals surface area contributed by atoms with Crippen LogP contribution in [0.25, 0.3) is 0 Å². The van der Waals surface area contributed by atoms with Gasteiger partial charge in [0, 0.05) is 23.9 Å². The lowest BCUT2D eigenvalue weighted by Gasteiger charge is -2.30. The Labute approximate surface area is 122 Å². The summed E-state index contributed by atoms with van der Waals surface area (Å²) < 4.78 is 0. The third-order valence-corrected chi connectivity index (χ3v) is 4.61. The molecule has 0 saturated carbocycles. The van der Waals surface area contributed by atoms with E-state index in [-0.39, 0.29) is 5.91 Å². The Bertz CT molecular complexity index is 570. The predicted octanol–water partition coefficient (Wildman–Crippen LogP) is 2.12. The highest BCUT2D eigenvalue weighted by atomic mass is 32.1. The fraction of sp³-hybridized carbons (Fsp3) is 0.500. The number of piperidine rings is 1. The lowest BCUT2D eigenvalue weighted by Crippen LogP contribution is -2.38. The van der Waals surface area contributed by atoms with Gasteiger partial charge in [-0.05, 0) is 31.2 Å². The molecule has 0 aliphatic carbocycles. The first-order valence-corrected chi connectivity index (χ1v) is 7.79.